The van der Waals surface area contributed by atoms with Crippen LogP contribution in [0, 0.1) is 0 Å². The summed E-state index contributed by atoms with van der Waals surface area (Å²) in [6.07, 6.45) is 3.29. The van der Waals surface area contributed by atoms with Gasteiger partial charge in [0, 0.05) is 6.08 Å². The molecule has 3 rings (SSSR count). The highest BCUT2D eigenvalue weighted by Crippen LogP contribution is 2.22. The summed E-state index contributed by atoms with van der Waals surface area (Å²) >= 11 is 1.54. The Morgan fingerprint density at radius 1 is 1.23 bits per heavy atom. The summed E-state index contributed by atoms with van der Waals surface area (Å²) in [6, 6.07) is 12.0. The monoisotopic (exact) mass is 367 g/mol. The predicted molar refractivity (Wildman–Crippen MR) is 104 cm³/mol. The van der Waals surface area contributed by atoms with Crippen molar-refractivity contribution in [1.82, 2.24) is 15.5 Å². The average Bonchev–Trinajstić information content (AvgIpc) is 3.29. The smallest absolute Gasteiger partial charge is 0.246 e. The standard InChI is InChI=1S/C20H21N3O2S/c1-20(2,3)15-9-6-14(7-10-15)8-11-17(24)21-13-18-22-19(23-25-18)16-5-4-12-26-16/h4-12H,13H2,1-3H3,(H,21,24)/b11-8+. The molecule has 0 atom stereocenters. The Bertz CT molecular complexity index is 888. The summed E-state index contributed by atoms with van der Waals surface area (Å²) in [5.41, 5.74) is 2.36. The van der Waals surface area contributed by atoms with Crippen molar-refractivity contribution in [2.75, 3.05) is 0 Å². The van der Waals surface area contributed by atoms with Crippen molar-refractivity contribution in [3.63, 3.8) is 0 Å². The van der Waals surface area contributed by atoms with Gasteiger partial charge in [0.25, 0.3) is 0 Å². The molecule has 1 amide bonds. The third kappa shape index (κ3) is 4.67. The van der Waals surface area contributed by atoms with E-state index in [1.165, 1.54) is 23.0 Å². The van der Waals surface area contributed by atoms with Gasteiger partial charge in [0.1, 0.15) is 0 Å². The number of thiophene rings is 1. The summed E-state index contributed by atoms with van der Waals surface area (Å²) in [5.74, 6) is 0.712. The van der Waals surface area contributed by atoms with Gasteiger partial charge < -0.3 is 9.84 Å². The predicted octanol–water partition coefficient (Wildman–Crippen LogP) is 4.43. The van der Waals surface area contributed by atoms with Gasteiger partial charge >= 0.3 is 0 Å². The molecule has 3 aromatic rings. The fourth-order valence-electron chi connectivity index (χ4n) is 2.32. The Kier molecular flexibility index (Phi) is 5.32. The quantitative estimate of drug-likeness (QED) is 0.678. The van der Waals surface area contributed by atoms with E-state index in [-0.39, 0.29) is 17.9 Å². The van der Waals surface area contributed by atoms with E-state index in [1.807, 2.05) is 29.6 Å². The number of hydrogen-bond donors (Lipinski definition) is 1. The third-order valence-electron chi connectivity index (χ3n) is 3.83. The molecule has 0 saturated heterocycles. The molecular formula is C20H21N3O2S. The minimum absolute atomic E-state index is 0.117. The van der Waals surface area contributed by atoms with Crippen LogP contribution in [0.15, 0.2) is 52.4 Å². The Balaban J connectivity index is 1.53. The minimum Gasteiger partial charge on any atom is -0.343 e. The number of carbonyl (C=O) groups is 1. The first-order valence-corrected chi connectivity index (χ1v) is 9.23. The van der Waals surface area contributed by atoms with Crippen LogP contribution in [-0.4, -0.2) is 16.0 Å². The van der Waals surface area contributed by atoms with Gasteiger partial charge in [-0.3, -0.25) is 4.79 Å². The van der Waals surface area contributed by atoms with Crippen molar-refractivity contribution in [1.29, 1.82) is 0 Å². The fraction of sp³-hybridized carbons (Fsp3) is 0.250. The second-order valence-electron chi connectivity index (χ2n) is 6.91. The Morgan fingerprint density at radius 3 is 2.65 bits per heavy atom. The number of nitrogens with zero attached hydrogens (tertiary/aromatic N) is 2. The Labute approximate surface area is 156 Å². The maximum atomic E-state index is 12.0. The summed E-state index contributed by atoms with van der Waals surface area (Å²) in [4.78, 5) is 17.2. The van der Waals surface area contributed by atoms with Crippen LogP contribution in [0.1, 0.15) is 37.8 Å². The summed E-state index contributed by atoms with van der Waals surface area (Å²) in [6.45, 7) is 6.72. The highest BCUT2D eigenvalue weighted by atomic mass is 32.1. The molecule has 0 aliphatic carbocycles. The van der Waals surface area contributed by atoms with Crippen molar-refractivity contribution >= 4 is 23.3 Å². The van der Waals surface area contributed by atoms with Gasteiger partial charge in [0.05, 0.1) is 11.4 Å². The van der Waals surface area contributed by atoms with E-state index >= 15 is 0 Å². The normalized spacial score (nSPS) is 11.8. The molecule has 1 aromatic carbocycles. The number of carbonyl (C=O) groups excluding carboxylic acids is 1. The molecule has 5 nitrogen and oxygen atoms in total. The molecule has 2 heterocycles. The largest absolute Gasteiger partial charge is 0.343 e. The van der Waals surface area contributed by atoms with Crippen LogP contribution in [0.4, 0.5) is 0 Å². The first kappa shape index (κ1) is 18.1. The van der Waals surface area contributed by atoms with Crippen LogP contribution in [0.3, 0.4) is 0 Å². The third-order valence-corrected chi connectivity index (χ3v) is 4.69. The van der Waals surface area contributed by atoms with Crippen LogP contribution in [-0.2, 0) is 16.8 Å². The molecule has 0 saturated carbocycles. The molecule has 0 radical (unpaired) electrons. The van der Waals surface area contributed by atoms with Gasteiger partial charge in [-0.05, 0) is 34.1 Å². The van der Waals surface area contributed by atoms with Gasteiger partial charge in [-0.1, -0.05) is 56.3 Å². The first-order valence-electron chi connectivity index (χ1n) is 8.35. The van der Waals surface area contributed by atoms with Crippen molar-refractivity contribution in [3.05, 3.63) is 64.9 Å². The van der Waals surface area contributed by atoms with E-state index in [0.29, 0.717) is 11.7 Å². The summed E-state index contributed by atoms with van der Waals surface area (Å²) < 4.78 is 5.15. The lowest BCUT2D eigenvalue weighted by molar-refractivity contribution is -0.116. The van der Waals surface area contributed by atoms with E-state index in [4.69, 9.17) is 4.52 Å². The molecule has 2 aromatic heterocycles. The lowest BCUT2D eigenvalue weighted by Crippen LogP contribution is -2.20. The first-order chi connectivity index (χ1) is 12.4. The van der Waals surface area contributed by atoms with Gasteiger partial charge in [-0.25, -0.2) is 0 Å². The number of benzene rings is 1. The lowest BCUT2D eigenvalue weighted by Gasteiger charge is -2.18. The number of hydrogen-bond acceptors (Lipinski definition) is 5. The van der Waals surface area contributed by atoms with E-state index in [1.54, 1.807) is 6.08 Å². The molecule has 26 heavy (non-hydrogen) atoms. The lowest BCUT2D eigenvalue weighted by atomic mass is 9.87. The van der Waals surface area contributed by atoms with Crippen molar-refractivity contribution in [3.8, 4) is 10.7 Å². The van der Waals surface area contributed by atoms with Gasteiger partial charge in [0.15, 0.2) is 0 Å². The average molecular weight is 367 g/mol. The molecular weight excluding hydrogens is 346 g/mol. The van der Waals surface area contributed by atoms with E-state index in [0.717, 1.165) is 10.4 Å². The molecule has 134 valence electrons. The molecule has 0 spiro atoms. The zero-order valence-corrected chi connectivity index (χ0v) is 15.8. The highest BCUT2D eigenvalue weighted by Gasteiger charge is 2.12. The molecule has 6 heteroatoms. The zero-order chi connectivity index (χ0) is 18.6. The Hall–Kier alpha value is -2.73. The van der Waals surface area contributed by atoms with E-state index < -0.39 is 0 Å². The van der Waals surface area contributed by atoms with Gasteiger partial charge in [0.2, 0.25) is 17.6 Å². The molecule has 0 unspecified atom stereocenters. The van der Waals surface area contributed by atoms with Gasteiger partial charge in [-0.15, -0.1) is 11.3 Å². The van der Waals surface area contributed by atoms with E-state index in [9.17, 15) is 4.79 Å². The van der Waals surface area contributed by atoms with Crippen LogP contribution in [0.2, 0.25) is 0 Å². The maximum Gasteiger partial charge on any atom is 0.246 e. The van der Waals surface area contributed by atoms with Crippen molar-refractivity contribution in [2.45, 2.75) is 32.7 Å². The van der Waals surface area contributed by atoms with Crippen LogP contribution >= 0.6 is 11.3 Å². The molecule has 0 aliphatic heterocycles. The van der Waals surface area contributed by atoms with Gasteiger partial charge in [-0.2, -0.15) is 4.98 Å². The number of rotatable bonds is 5. The molecule has 0 fully saturated rings. The number of amides is 1. The van der Waals surface area contributed by atoms with Crippen LogP contribution in [0.5, 0.6) is 0 Å². The van der Waals surface area contributed by atoms with Crippen molar-refractivity contribution in [2.24, 2.45) is 0 Å². The van der Waals surface area contributed by atoms with Crippen LogP contribution in [0.25, 0.3) is 16.8 Å². The molecule has 0 bridgehead atoms. The topological polar surface area (TPSA) is 68.0 Å². The number of nitrogens with one attached hydrogen (secondary N) is 1. The van der Waals surface area contributed by atoms with E-state index in [2.05, 4.69) is 48.4 Å². The maximum absolute atomic E-state index is 12.0. The SMILES string of the molecule is CC(C)(C)c1ccc(/C=C/C(=O)NCc2nc(-c3cccs3)no2)cc1. The Morgan fingerprint density at radius 2 is 2.00 bits per heavy atom. The fourth-order valence-corrected chi connectivity index (χ4v) is 2.97. The van der Waals surface area contributed by atoms with Crippen molar-refractivity contribution < 1.29 is 9.32 Å². The summed E-state index contributed by atoms with van der Waals surface area (Å²) in [7, 11) is 0. The highest BCUT2D eigenvalue weighted by molar-refractivity contribution is 7.13. The molecule has 1 N–H and O–H groups in total. The minimum atomic E-state index is -0.208. The van der Waals surface area contributed by atoms with Crippen LogP contribution < -0.4 is 5.32 Å². The zero-order valence-electron chi connectivity index (χ0n) is 15.0. The number of aromatic nitrogens is 2. The summed E-state index contributed by atoms with van der Waals surface area (Å²) in [5, 5.41) is 8.61. The second-order valence-corrected chi connectivity index (χ2v) is 7.86. The second kappa shape index (κ2) is 7.66. The molecule has 0 aliphatic rings.